The summed E-state index contributed by atoms with van der Waals surface area (Å²) in [6, 6.07) is 0.230. The van der Waals surface area contributed by atoms with Gasteiger partial charge < -0.3 is 11.5 Å². The lowest BCUT2D eigenvalue weighted by Gasteiger charge is -2.13. The van der Waals surface area contributed by atoms with E-state index in [1.165, 1.54) is 5.57 Å². The van der Waals surface area contributed by atoms with Crippen LogP contribution in [0.2, 0.25) is 0 Å². The lowest BCUT2D eigenvalue weighted by molar-refractivity contribution is 0.635. The monoisotopic (exact) mass is 156 g/mol. The molecule has 0 spiro atoms. The van der Waals surface area contributed by atoms with Crippen molar-refractivity contribution in [1.82, 2.24) is 0 Å². The van der Waals surface area contributed by atoms with Crippen molar-refractivity contribution in [2.24, 2.45) is 11.5 Å². The summed E-state index contributed by atoms with van der Waals surface area (Å²) in [4.78, 5) is 0. The number of allylic oxidation sites excluding steroid dienone is 1. The van der Waals surface area contributed by atoms with E-state index in [0.717, 1.165) is 25.8 Å². The molecule has 0 saturated carbocycles. The van der Waals surface area contributed by atoms with Gasteiger partial charge in [-0.2, -0.15) is 0 Å². The van der Waals surface area contributed by atoms with Crippen LogP contribution in [-0.2, 0) is 0 Å². The van der Waals surface area contributed by atoms with Gasteiger partial charge >= 0.3 is 0 Å². The number of nitrogens with two attached hydrogens (primary N) is 2. The van der Waals surface area contributed by atoms with E-state index >= 15 is 0 Å². The van der Waals surface area contributed by atoms with E-state index in [1.807, 2.05) is 6.92 Å². The fourth-order valence-corrected chi connectivity index (χ4v) is 1.20. The van der Waals surface area contributed by atoms with Crippen LogP contribution in [0.5, 0.6) is 0 Å². The molecule has 0 radical (unpaired) electrons. The van der Waals surface area contributed by atoms with Crippen LogP contribution in [0, 0.1) is 0 Å². The van der Waals surface area contributed by atoms with Crippen molar-refractivity contribution < 1.29 is 0 Å². The SMILES string of the molecule is CC=C(CC)C(N)CCCN. The molecular weight excluding hydrogens is 136 g/mol. The van der Waals surface area contributed by atoms with E-state index in [2.05, 4.69) is 13.0 Å². The molecule has 0 aromatic carbocycles. The van der Waals surface area contributed by atoms with Gasteiger partial charge in [-0.3, -0.25) is 0 Å². The summed E-state index contributed by atoms with van der Waals surface area (Å²) in [5.74, 6) is 0. The summed E-state index contributed by atoms with van der Waals surface area (Å²) in [7, 11) is 0. The highest BCUT2D eigenvalue weighted by molar-refractivity contribution is 5.07. The number of hydrogen-bond acceptors (Lipinski definition) is 2. The topological polar surface area (TPSA) is 52.0 Å². The summed E-state index contributed by atoms with van der Waals surface area (Å²) < 4.78 is 0. The molecule has 0 fully saturated rings. The van der Waals surface area contributed by atoms with Crippen LogP contribution < -0.4 is 11.5 Å². The maximum Gasteiger partial charge on any atom is 0.0253 e. The first-order chi connectivity index (χ1) is 5.26. The Bertz CT molecular complexity index is 119. The Kier molecular flexibility index (Phi) is 6.18. The summed E-state index contributed by atoms with van der Waals surface area (Å²) in [6.45, 7) is 4.92. The van der Waals surface area contributed by atoms with Crippen molar-refractivity contribution in [2.45, 2.75) is 39.2 Å². The Labute approximate surface area is 69.6 Å². The van der Waals surface area contributed by atoms with E-state index in [-0.39, 0.29) is 6.04 Å². The molecule has 1 unspecified atom stereocenters. The van der Waals surface area contributed by atoms with Gasteiger partial charge in [0.25, 0.3) is 0 Å². The van der Waals surface area contributed by atoms with Crippen LogP contribution in [0.3, 0.4) is 0 Å². The van der Waals surface area contributed by atoms with Crippen molar-refractivity contribution >= 4 is 0 Å². The molecule has 0 bridgehead atoms. The van der Waals surface area contributed by atoms with Gasteiger partial charge in [-0.25, -0.2) is 0 Å². The van der Waals surface area contributed by atoms with Gasteiger partial charge in [-0.1, -0.05) is 18.6 Å². The van der Waals surface area contributed by atoms with Gasteiger partial charge in [0.2, 0.25) is 0 Å². The lowest BCUT2D eigenvalue weighted by Crippen LogP contribution is -2.23. The van der Waals surface area contributed by atoms with Gasteiger partial charge in [-0.15, -0.1) is 0 Å². The van der Waals surface area contributed by atoms with Crippen LogP contribution in [0.1, 0.15) is 33.1 Å². The zero-order chi connectivity index (χ0) is 8.69. The van der Waals surface area contributed by atoms with Crippen LogP contribution in [0.15, 0.2) is 11.6 Å². The van der Waals surface area contributed by atoms with Gasteiger partial charge in [-0.05, 0) is 32.7 Å². The van der Waals surface area contributed by atoms with E-state index in [0.29, 0.717) is 0 Å². The molecule has 0 amide bonds. The zero-order valence-corrected chi connectivity index (χ0v) is 7.64. The third-order valence-electron chi connectivity index (χ3n) is 1.97. The summed E-state index contributed by atoms with van der Waals surface area (Å²) in [6.07, 6.45) is 5.21. The molecule has 0 aromatic heterocycles. The predicted molar refractivity (Wildman–Crippen MR) is 50.3 cm³/mol. The quantitative estimate of drug-likeness (QED) is 0.591. The second kappa shape index (κ2) is 6.38. The number of hydrogen-bond donors (Lipinski definition) is 2. The largest absolute Gasteiger partial charge is 0.330 e. The minimum absolute atomic E-state index is 0.230. The maximum atomic E-state index is 5.90. The average molecular weight is 156 g/mol. The second-order valence-electron chi connectivity index (χ2n) is 2.75. The Morgan fingerprint density at radius 2 is 2.18 bits per heavy atom. The van der Waals surface area contributed by atoms with Gasteiger partial charge in [0.1, 0.15) is 0 Å². The van der Waals surface area contributed by atoms with Crippen LogP contribution >= 0.6 is 0 Å². The lowest BCUT2D eigenvalue weighted by atomic mass is 10.0. The number of rotatable bonds is 5. The molecule has 2 nitrogen and oxygen atoms in total. The molecule has 0 aliphatic rings. The highest BCUT2D eigenvalue weighted by atomic mass is 14.6. The molecule has 11 heavy (non-hydrogen) atoms. The molecule has 4 N–H and O–H groups in total. The normalized spacial score (nSPS) is 15.1. The summed E-state index contributed by atoms with van der Waals surface area (Å²) in [5.41, 5.74) is 12.6. The van der Waals surface area contributed by atoms with Gasteiger partial charge in [0, 0.05) is 6.04 Å². The van der Waals surface area contributed by atoms with Crippen molar-refractivity contribution in [3.8, 4) is 0 Å². The van der Waals surface area contributed by atoms with Crippen molar-refractivity contribution in [2.75, 3.05) is 6.54 Å². The molecule has 66 valence electrons. The highest BCUT2D eigenvalue weighted by Gasteiger charge is 2.04. The van der Waals surface area contributed by atoms with Crippen LogP contribution in [0.25, 0.3) is 0 Å². The molecule has 2 heteroatoms. The predicted octanol–water partition coefficient (Wildman–Crippen LogP) is 1.41. The molecule has 1 atom stereocenters. The van der Waals surface area contributed by atoms with Gasteiger partial charge in [0.15, 0.2) is 0 Å². The zero-order valence-electron chi connectivity index (χ0n) is 7.64. The smallest absolute Gasteiger partial charge is 0.0253 e. The van der Waals surface area contributed by atoms with Crippen LogP contribution in [0.4, 0.5) is 0 Å². The fourth-order valence-electron chi connectivity index (χ4n) is 1.20. The molecule has 0 heterocycles. The molecule has 0 rings (SSSR count). The van der Waals surface area contributed by atoms with Crippen molar-refractivity contribution in [3.63, 3.8) is 0 Å². The van der Waals surface area contributed by atoms with E-state index < -0.39 is 0 Å². The summed E-state index contributed by atoms with van der Waals surface area (Å²) in [5, 5.41) is 0. The van der Waals surface area contributed by atoms with Crippen molar-refractivity contribution in [1.29, 1.82) is 0 Å². The molecule has 0 aromatic rings. The van der Waals surface area contributed by atoms with Gasteiger partial charge in [0.05, 0.1) is 0 Å². The molecule has 0 aliphatic carbocycles. The Morgan fingerprint density at radius 3 is 2.55 bits per heavy atom. The molecular formula is C9H20N2. The second-order valence-corrected chi connectivity index (χ2v) is 2.75. The summed E-state index contributed by atoms with van der Waals surface area (Å²) >= 11 is 0. The average Bonchev–Trinajstić information content (AvgIpc) is 2.03. The first kappa shape index (κ1) is 10.7. The Hall–Kier alpha value is -0.340. The Morgan fingerprint density at radius 1 is 1.55 bits per heavy atom. The van der Waals surface area contributed by atoms with E-state index in [4.69, 9.17) is 11.5 Å². The van der Waals surface area contributed by atoms with Crippen LogP contribution in [-0.4, -0.2) is 12.6 Å². The highest BCUT2D eigenvalue weighted by Crippen LogP contribution is 2.09. The minimum atomic E-state index is 0.230. The Balaban J connectivity index is 3.70. The first-order valence-corrected chi connectivity index (χ1v) is 4.37. The third-order valence-corrected chi connectivity index (χ3v) is 1.97. The fraction of sp³-hybridized carbons (Fsp3) is 0.778. The van der Waals surface area contributed by atoms with Crippen molar-refractivity contribution in [3.05, 3.63) is 11.6 Å². The first-order valence-electron chi connectivity index (χ1n) is 4.37. The molecule has 0 saturated heterocycles. The molecule has 0 aliphatic heterocycles. The van der Waals surface area contributed by atoms with E-state index in [9.17, 15) is 0 Å². The maximum absolute atomic E-state index is 5.90. The third kappa shape index (κ3) is 4.17. The minimum Gasteiger partial charge on any atom is -0.330 e. The standard InChI is InChI=1S/C9H20N2/c1-3-8(4-2)9(11)6-5-7-10/h3,9H,4-7,10-11H2,1-2H3. The van der Waals surface area contributed by atoms with E-state index in [1.54, 1.807) is 0 Å².